The summed E-state index contributed by atoms with van der Waals surface area (Å²) >= 11 is 0. The van der Waals surface area contributed by atoms with Crippen LogP contribution in [0.15, 0.2) is 48.7 Å². The molecule has 3 aromatic rings. The number of carbonyl (C=O) groups is 3. The summed E-state index contributed by atoms with van der Waals surface area (Å²) in [5.74, 6) is -1.05. The van der Waals surface area contributed by atoms with Gasteiger partial charge in [0.05, 0.1) is 30.0 Å². The molecular formula is C23H22FN5O4. The van der Waals surface area contributed by atoms with Crippen molar-refractivity contribution in [3.8, 4) is 11.3 Å². The van der Waals surface area contributed by atoms with Crippen molar-refractivity contribution in [2.75, 3.05) is 17.2 Å². The van der Waals surface area contributed by atoms with Crippen molar-refractivity contribution in [1.82, 2.24) is 14.9 Å². The summed E-state index contributed by atoms with van der Waals surface area (Å²) in [6, 6.07) is 12.4. The lowest BCUT2D eigenvalue weighted by Gasteiger charge is -2.23. The van der Waals surface area contributed by atoms with Crippen molar-refractivity contribution in [3.05, 3.63) is 59.9 Å². The van der Waals surface area contributed by atoms with Gasteiger partial charge in [-0.3, -0.25) is 14.5 Å². The first-order chi connectivity index (χ1) is 15.6. The highest BCUT2D eigenvalue weighted by Crippen LogP contribution is 2.38. The summed E-state index contributed by atoms with van der Waals surface area (Å²) in [6.45, 7) is 2.05. The Balaban J connectivity index is 1.79. The topological polar surface area (TPSA) is 127 Å². The molecule has 0 aliphatic carbocycles. The maximum atomic E-state index is 14.0. The number of nitrogens with zero attached hydrogens (tertiary/aromatic N) is 2. The Morgan fingerprint density at radius 2 is 1.91 bits per heavy atom. The normalized spacial score (nSPS) is 13.4. The number of alkyl halides is 1. The van der Waals surface area contributed by atoms with E-state index < -0.39 is 17.7 Å². The summed E-state index contributed by atoms with van der Waals surface area (Å²) in [7, 11) is 0. The number of halogens is 1. The molecule has 3 heterocycles. The van der Waals surface area contributed by atoms with Crippen LogP contribution in [0.4, 0.5) is 26.4 Å². The Morgan fingerprint density at radius 1 is 1.18 bits per heavy atom. The third-order valence-corrected chi connectivity index (χ3v) is 5.18. The van der Waals surface area contributed by atoms with Crippen LogP contribution in [0.3, 0.4) is 0 Å². The Labute approximate surface area is 188 Å². The zero-order chi connectivity index (χ0) is 23.8. The number of rotatable bonds is 5. The number of H-pyrrole nitrogens is 1. The van der Waals surface area contributed by atoms with Crippen LogP contribution in [0.25, 0.3) is 11.3 Å². The molecule has 0 spiro atoms. The molecule has 4 N–H and O–H groups in total. The second-order valence-corrected chi connectivity index (χ2v) is 8.14. The summed E-state index contributed by atoms with van der Waals surface area (Å²) in [5.41, 5.74) is 1.04. The number of anilines is 3. The average Bonchev–Trinajstić information content (AvgIpc) is 3.12. The molecule has 0 atom stereocenters. The lowest BCUT2D eigenvalue weighted by molar-refractivity contribution is -0.125. The Morgan fingerprint density at radius 3 is 2.58 bits per heavy atom. The van der Waals surface area contributed by atoms with E-state index in [9.17, 15) is 23.9 Å². The second kappa shape index (κ2) is 8.38. The van der Waals surface area contributed by atoms with Gasteiger partial charge >= 0.3 is 6.09 Å². The zero-order valence-electron chi connectivity index (χ0n) is 18.0. The van der Waals surface area contributed by atoms with Crippen molar-refractivity contribution in [3.63, 3.8) is 0 Å². The fraction of sp³-hybridized carbons (Fsp3) is 0.217. The number of ketones is 1. The smallest absolute Gasteiger partial charge is 0.408 e. The van der Waals surface area contributed by atoms with Gasteiger partial charge in [-0.2, -0.15) is 0 Å². The van der Waals surface area contributed by atoms with E-state index in [2.05, 4.69) is 20.6 Å². The number of carboxylic acid groups (broad SMARTS) is 1. The fourth-order valence-electron chi connectivity index (χ4n) is 3.54. The minimum atomic E-state index is -2.09. The Bertz CT molecular complexity index is 1230. The monoisotopic (exact) mass is 451 g/mol. The zero-order valence-corrected chi connectivity index (χ0v) is 18.0. The van der Waals surface area contributed by atoms with Crippen molar-refractivity contribution in [2.45, 2.75) is 26.1 Å². The minimum Gasteiger partial charge on any atom is -0.465 e. The van der Waals surface area contributed by atoms with Crippen molar-refractivity contribution in [1.29, 1.82) is 0 Å². The van der Waals surface area contributed by atoms with Crippen LogP contribution in [0.5, 0.6) is 0 Å². The minimum absolute atomic E-state index is 0.0184. The lowest BCUT2D eigenvalue weighted by Crippen LogP contribution is -2.38. The third-order valence-electron chi connectivity index (χ3n) is 5.18. The largest absolute Gasteiger partial charge is 0.465 e. The SMILES string of the molecule is CC(C)(F)C(=O)Nc1cc(-c2[nH]c3c(c2Nc2ccccc2)C(=O)CN(C(=O)O)C3)ccn1. The molecule has 1 aromatic carbocycles. The van der Waals surface area contributed by atoms with Gasteiger partial charge in [0.2, 0.25) is 0 Å². The molecular weight excluding hydrogens is 429 g/mol. The molecule has 1 aliphatic heterocycles. The van der Waals surface area contributed by atoms with Crippen LogP contribution < -0.4 is 10.6 Å². The Kier molecular flexibility index (Phi) is 5.59. The molecule has 0 radical (unpaired) electrons. The molecule has 10 heteroatoms. The molecule has 0 fully saturated rings. The van der Waals surface area contributed by atoms with E-state index in [1.807, 2.05) is 30.3 Å². The number of pyridine rings is 1. The van der Waals surface area contributed by atoms with Crippen LogP contribution in [-0.2, 0) is 11.3 Å². The molecule has 9 nitrogen and oxygen atoms in total. The first kappa shape index (κ1) is 22.0. The highest BCUT2D eigenvalue weighted by Gasteiger charge is 2.33. The molecule has 0 saturated carbocycles. The van der Waals surface area contributed by atoms with E-state index in [0.29, 0.717) is 28.2 Å². The van der Waals surface area contributed by atoms with E-state index in [-0.39, 0.29) is 24.7 Å². The third kappa shape index (κ3) is 4.54. The number of amides is 2. The molecule has 1 aliphatic rings. The van der Waals surface area contributed by atoms with Gasteiger partial charge in [0.1, 0.15) is 5.82 Å². The maximum absolute atomic E-state index is 14.0. The predicted octanol–water partition coefficient (Wildman–Crippen LogP) is 4.18. The molecule has 0 unspecified atom stereocenters. The molecule has 170 valence electrons. The van der Waals surface area contributed by atoms with E-state index in [1.54, 1.807) is 12.1 Å². The van der Waals surface area contributed by atoms with Gasteiger partial charge in [0.25, 0.3) is 5.91 Å². The number of hydrogen-bond donors (Lipinski definition) is 4. The van der Waals surface area contributed by atoms with Crippen LogP contribution in [0.2, 0.25) is 0 Å². The van der Waals surface area contributed by atoms with E-state index in [1.165, 1.54) is 6.20 Å². The van der Waals surface area contributed by atoms with Gasteiger partial charge in [0, 0.05) is 23.1 Å². The summed E-state index contributed by atoms with van der Waals surface area (Å²) in [5, 5.41) is 15.1. The summed E-state index contributed by atoms with van der Waals surface area (Å²) < 4.78 is 14.0. The Hall–Kier alpha value is -4.21. The van der Waals surface area contributed by atoms with Gasteiger partial charge in [-0.25, -0.2) is 14.2 Å². The number of hydrogen-bond acceptors (Lipinski definition) is 5. The molecule has 0 saturated heterocycles. The molecule has 2 amide bonds. The van der Waals surface area contributed by atoms with Gasteiger partial charge in [-0.1, -0.05) is 18.2 Å². The summed E-state index contributed by atoms with van der Waals surface area (Å²) in [6.07, 6.45) is 0.263. The second-order valence-electron chi connectivity index (χ2n) is 8.14. The van der Waals surface area contributed by atoms with Crippen molar-refractivity contribution in [2.24, 2.45) is 0 Å². The van der Waals surface area contributed by atoms with Crippen LogP contribution in [-0.4, -0.2) is 50.0 Å². The number of carbonyl (C=O) groups excluding carboxylic acids is 2. The van der Waals surface area contributed by atoms with E-state index in [0.717, 1.165) is 24.4 Å². The first-order valence-corrected chi connectivity index (χ1v) is 10.2. The molecule has 4 rings (SSSR count). The lowest BCUT2D eigenvalue weighted by atomic mass is 10.0. The van der Waals surface area contributed by atoms with Crippen LogP contribution in [0.1, 0.15) is 29.9 Å². The van der Waals surface area contributed by atoms with E-state index >= 15 is 0 Å². The van der Waals surface area contributed by atoms with Gasteiger partial charge in [0.15, 0.2) is 11.5 Å². The summed E-state index contributed by atoms with van der Waals surface area (Å²) in [4.78, 5) is 44.7. The number of nitrogens with one attached hydrogen (secondary N) is 3. The molecule has 0 bridgehead atoms. The number of para-hydroxylation sites is 1. The highest BCUT2D eigenvalue weighted by molar-refractivity contribution is 6.09. The molecule has 33 heavy (non-hydrogen) atoms. The highest BCUT2D eigenvalue weighted by atomic mass is 19.1. The number of Topliss-reactive ketones (excluding diaryl/α,β-unsaturated/α-hetero) is 1. The standard InChI is InChI=1S/C23H22FN5O4/c1-23(2,24)21(31)28-17-10-13(8-9-25-17)19-20(26-14-6-4-3-5-7-14)18-15(27-19)11-29(22(32)33)12-16(18)30/h3-10,26-27H,11-12H2,1-2H3,(H,32,33)(H,25,28,31). The van der Waals surface area contributed by atoms with Crippen LogP contribution in [0, 0.1) is 0 Å². The molecule has 2 aromatic heterocycles. The number of aromatic amines is 1. The number of fused-ring (bicyclic) bond motifs is 1. The fourth-order valence-corrected chi connectivity index (χ4v) is 3.54. The van der Waals surface area contributed by atoms with Crippen LogP contribution >= 0.6 is 0 Å². The number of benzene rings is 1. The van der Waals surface area contributed by atoms with E-state index in [4.69, 9.17) is 0 Å². The quantitative estimate of drug-likeness (QED) is 0.461. The average molecular weight is 451 g/mol. The number of aromatic nitrogens is 2. The predicted molar refractivity (Wildman–Crippen MR) is 120 cm³/mol. The maximum Gasteiger partial charge on any atom is 0.408 e. The first-order valence-electron chi connectivity index (χ1n) is 10.2. The van der Waals surface area contributed by atoms with Crippen molar-refractivity contribution < 1.29 is 23.9 Å². The van der Waals surface area contributed by atoms with Gasteiger partial charge < -0.3 is 20.7 Å². The van der Waals surface area contributed by atoms with Gasteiger partial charge in [-0.05, 0) is 38.1 Å². The van der Waals surface area contributed by atoms with Gasteiger partial charge in [-0.15, -0.1) is 0 Å². The van der Waals surface area contributed by atoms with Crippen molar-refractivity contribution >= 4 is 35.0 Å².